The van der Waals surface area contributed by atoms with Gasteiger partial charge in [-0.1, -0.05) is 18.4 Å². The smallest absolute Gasteiger partial charge is 0.0917 e. The Bertz CT molecular complexity index is 692. The predicted octanol–water partition coefficient (Wildman–Crippen LogP) is 3.81. The van der Waals surface area contributed by atoms with E-state index in [4.69, 9.17) is 4.42 Å². The quantitative estimate of drug-likeness (QED) is 0.507. The van der Waals surface area contributed by atoms with Crippen LogP contribution in [0.25, 0.3) is 11.3 Å². The van der Waals surface area contributed by atoms with Crippen molar-refractivity contribution in [1.29, 1.82) is 0 Å². The number of furan rings is 1. The Labute approximate surface area is 155 Å². The van der Waals surface area contributed by atoms with Gasteiger partial charge in [0.2, 0.25) is 0 Å². The van der Waals surface area contributed by atoms with Crippen molar-refractivity contribution in [1.82, 2.24) is 9.88 Å². The van der Waals surface area contributed by atoms with Crippen LogP contribution in [0.3, 0.4) is 0 Å². The summed E-state index contributed by atoms with van der Waals surface area (Å²) in [5.74, 6) is 0. The molecule has 1 radical (unpaired) electrons. The number of aromatic nitrogens is 1. The van der Waals surface area contributed by atoms with Gasteiger partial charge in [-0.2, -0.15) is 6.07 Å². The van der Waals surface area contributed by atoms with Gasteiger partial charge >= 0.3 is 0 Å². The molecule has 0 aliphatic carbocycles. The van der Waals surface area contributed by atoms with Gasteiger partial charge in [0.25, 0.3) is 0 Å². The maximum Gasteiger partial charge on any atom is 0.0917 e. The number of hydrogen-bond acceptors (Lipinski definition) is 4. The van der Waals surface area contributed by atoms with Crippen molar-refractivity contribution in [3.05, 3.63) is 85.7 Å². The topological polar surface area (TPSA) is 32.5 Å². The van der Waals surface area contributed by atoms with Gasteiger partial charge in [-0.3, -0.25) is 0 Å². The molecule has 24 heavy (non-hydrogen) atoms. The first kappa shape index (κ1) is 18.0. The maximum absolute atomic E-state index is 4.84. The molecule has 0 bridgehead atoms. The fourth-order valence-electron chi connectivity index (χ4n) is 2.14. The minimum absolute atomic E-state index is 0. The van der Waals surface area contributed by atoms with Gasteiger partial charge in [0.05, 0.1) is 6.67 Å². The molecule has 1 aliphatic rings. The minimum atomic E-state index is 0. The largest absolute Gasteiger partial charge is 0.597 e. The first-order valence-electron chi connectivity index (χ1n) is 7.31. The molecule has 1 aromatic carbocycles. The van der Waals surface area contributed by atoms with E-state index in [1.54, 1.807) is 12.5 Å². The molecule has 1 aliphatic heterocycles. The van der Waals surface area contributed by atoms with Crippen molar-refractivity contribution in [3.8, 4) is 11.3 Å². The number of pyridine rings is 1. The molecule has 3 aromatic rings. The summed E-state index contributed by atoms with van der Waals surface area (Å²) >= 11 is 0. The van der Waals surface area contributed by atoms with E-state index in [1.807, 2.05) is 68.0 Å². The van der Waals surface area contributed by atoms with Crippen LogP contribution in [0.1, 0.15) is 0 Å². The van der Waals surface area contributed by atoms with Crippen molar-refractivity contribution < 1.29 is 24.5 Å². The monoisotopic (exact) mass is 496 g/mol. The van der Waals surface area contributed by atoms with E-state index in [2.05, 4.69) is 27.1 Å². The van der Waals surface area contributed by atoms with Crippen LogP contribution in [0.4, 0.5) is 5.69 Å². The van der Waals surface area contributed by atoms with Crippen LogP contribution in [-0.4, -0.2) is 23.6 Å². The Kier molecular flexibility index (Phi) is 6.79. The van der Waals surface area contributed by atoms with Crippen molar-refractivity contribution in [3.63, 3.8) is 0 Å². The molecule has 2 aromatic heterocycles. The maximum atomic E-state index is 4.84. The molecule has 0 amide bonds. The normalized spacial score (nSPS) is 12.4. The van der Waals surface area contributed by atoms with E-state index in [-0.39, 0.29) is 20.1 Å². The second kappa shape index (κ2) is 9.06. The first-order valence-corrected chi connectivity index (χ1v) is 7.31. The summed E-state index contributed by atoms with van der Waals surface area (Å²) in [6.45, 7) is 0.871. The van der Waals surface area contributed by atoms with Crippen molar-refractivity contribution >= 4 is 5.69 Å². The number of anilines is 1. The second-order valence-corrected chi connectivity index (χ2v) is 5.07. The average Bonchev–Trinajstić information content (AvgIpc) is 3.28. The van der Waals surface area contributed by atoms with Crippen LogP contribution >= 0.6 is 0 Å². The van der Waals surface area contributed by atoms with E-state index >= 15 is 0 Å². The van der Waals surface area contributed by atoms with Crippen LogP contribution in [-0.2, 0) is 20.1 Å². The van der Waals surface area contributed by atoms with E-state index in [0.29, 0.717) is 0 Å². The van der Waals surface area contributed by atoms with Crippen molar-refractivity contribution in [2.75, 3.05) is 18.6 Å². The second-order valence-electron chi connectivity index (χ2n) is 5.07. The summed E-state index contributed by atoms with van der Waals surface area (Å²) in [5.41, 5.74) is 2.99. The van der Waals surface area contributed by atoms with E-state index in [9.17, 15) is 0 Å². The van der Waals surface area contributed by atoms with Gasteiger partial charge in [0, 0.05) is 52.0 Å². The molecule has 5 heteroatoms. The Morgan fingerprint density at radius 3 is 2.54 bits per heavy atom. The summed E-state index contributed by atoms with van der Waals surface area (Å²) in [5, 5.41) is 0. The molecule has 4 rings (SSSR count). The van der Waals surface area contributed by atoms with E-state index < -0.39 is 0 Å². The molecule has 125 valence electrons. The van der Waals surface area contributed by atoms with E-state index in [0.717, 1.165) is 23.6 Å². The zero-order valence-corrected chi connectivity index (χ0v) is 15.6. The Morgan fingerprint density at radius 1 is 1.08 bits per heavy atom. The van der Waals surface area contributed by atoms with Gasteiger partial charge in [-0.25, -0.2) is 0 Å². The number of hydrogen-bond donors (Lipinski definition) is 0. The SMILES string of the molecule is CN1C=CN(c2[c-]occ2)C1.[Ir].[c-]1ccccc1-c1ccccn1. The zero-order chi connectivity index (χ0) is 15.9. The molecular weight excluding hydrogens is 478 g/mol. The molecule has 4 nitrogen and oxygen atoms in total. The third-order valence-electron chi connectivity index (χ3n) is 3.29. The van der Waals surface area contributed by atoms with E-state index in [1.165, 1.54) is 0 Å². The molecular formula is C19H17IrN3O-2. The Hall–Kier alpha value is -2.36. The van der Waals surface area contributed by atoms with Crippen LogP contribution in [0, 0.1) is 12.3 Å². The van der Waals surface area contributed by atoms with Crippen LogP contribution < -0.4 is 4.90 Å². The average molecular weight is 496 g/mol. The summed E-state index contributed by atoms with van der Waals surface area (Å²) in [6.07, 6.45) is 10.2. The number of nitrogens with zero attached hydrogens (tertiary/aromatic N) is 3. The fraction of sp³-hybridized carbons (Fsp3) is 0.105. The minimum Gasteiger partial charge on any atom is -0.597 e. The van der Waals surface area contributed by atoms with Gasteiger partial charge in [-0.15, -0.1) is 35.9 Å². The molecule has 0 saturated carbocycles. The first-order chi connectivity index (χ1) is 11.3. The molecule has 0 spiro atoms. The Balaban J connectivity index is 0.000000167. The molecule has 3 heterocycles. The molecule has 0 unspecified atom stereocenters. The standard InChI is InChI=1S/C11H8N.C8H9N2O.Ir/c1-2-6-10(7-3-1)11-8-4-5-9-12-11;1-9-3-4-10(7-9)8-2-5-11-6-8;/h1-6,8-9H;2-5H,7H2,1H3;/q2*-1;. The molecule has 0 saturated heterocycles. The summed E-state index contributed by atoms with van der Waals surface area (Å²) < 4.78 is 4.84. The van der Waals surface area contributed by atoms with Crippen LogP contribution in [0.2, 0.25) is 0 Å². The van der Waals surface area contributed by atoms with Gasteiger partial charge in [0.1, 0.15) is 0 Å². The third-order valence-corrected chi connectivity index (χ3v) is 3.29. The van der Waals surface area contributed by atoms with Crippen molar-refractivity contribution in [2.24, 2.45) is 0 Å². The van der Waals surface area contributed by atoms with Crippen molar-refractivity contribution in [2.45, 2.75) is 0 Å². The molecule has 0 N–H and O–H groups in total. The predicted molar refractivity (Wildman–Crippen MR) is 90.3 cm³/mol. The summed E-state index contributed by atoms with van der Waals surface area (Å²) in [7, 11) is 2.02. The fourth-order valence-corrected chi connectivity index (χ4v) is 2.14. The zero-order valence-electron chi connectivity index (χ0n) is 13.2. The van der Waals surface area contributed by atoms with Gasteiger partial charge < -0.3 is 19.2 Å². The number of benzene rings is 1. The molecule has 0 atom stereocenters. The van der Waals surface area contributed by atoms with Gasteiger partial charge in [0.15, 0.2) is 0 Å². The summed E-state index contributed by atoms with van der Waals surface area (Å²) in [6, 6.07) is 18.7. The van der Waals surface area contributed by atoms with Gasteiger partial charge in [-0.05, 0) is 17.4 Å². The van der Waals surface area contributed by atoms with Crippen LogP contribution in [0.5, 0.6) is 0 Å². The van der Waals surface area contributed by atoms with Crippen LogP contribution in [0.15, 0.2) is 77.8 Å². The Morgan fingerprint density at radius 2 is 1.96 bits per heavy atom. The third kappa shape index (κ3) is 4.82. The summed E-state index contributed by atoms with van der Waals surface area (Å²) in [4.78, 5) is 8.36. The number of rotatable bonds is 2. The molecule has 0 fully saturated rings.